The highest BCUT2D eigenvalue weighted by molar-refractivity contribution is 9.10. The number of halogens is 3. The third-order valence-electron chi connectivity index (χ3n) is 6.82. The number of nitrogens with one attached hydrogen (secondary N) is 1. The number of rotatable bonds is 8. The number of carbonyl (C=O) groups excluding carboxylic acids is 1. The molecule has 0 fully saturated rings. The highest BCUT2D eigenvalue weighted by Crippen LogP contribution is 2.42. The van der Waals surface area contributed by atoms with E-state index in [9.17, 15) is 9.59 Å². The molecule has 0 unspecified atom stereocenters. The van der Waals surface area contributed by atoms with Gasteiger partial charge in [-0.1, -0.05) is 57.4 Å². The molecule has 0 spiro atoms. The van der Waals surface area contributed by atoms with E-state index in [-0.39, 0.29) is 40.4 Å². The van der Waals surface area contributed by atoms with Crippen molar-refractivity contribution in [1.82, 2.24) is 9.66 Å². The maximum Gasteiger partial charge on any atom is 0.282 e. The van der Waals surface area contributed by atoms with Crippen LogP contribution in [0.5, 0.6) is 11.5 Å². The van der Waals surface area contributed by atoms with E-state index in [1.54, 1.807) is 42.5 Å². The number of hydrogen-bond donors (Lipinski definition) is 1. The van der Waals surface area contributed by atoms with Crippen LogP contribution in [-0.2, 0) is 4.79 Å². The highest BCUT2D eigenvalue weighted by Gasteiger charge is 2.20. The Labute approximate surface area is 278 Å². The topological polar surface area (TPSA) is 108 Å². The number of aromatic nitrogens is 2. The normalized spacial score (nSPS) is 11.4. The predicted molar refractivity (Wildman–Crippen MR) is 183 cm³/mol. The van der Waals surface area contributed by atoms with Crippen molar-refractivity contribution in [2.75, 3.05) is 19.0 Å². The first-order chi connectivity index (χ1) is 21.7. The second-order valence-corrected chi connectivity index (χ2v) is 12.0. The van der Waals surface area contributed by atoms with E-state index in [1.165, 1.54) is 18.0 Å². The number of nitrogens with zero attached hydrogens (tertiary/aromatic N) is 3. The number of methoxy groups -OCH3 is 1. The molecule has 45 heavy (non-hydrogen) atoms. The molecule has 0 aliphatic carbocycles. The standard InChI is InChI=1S/C33H23Br2ClN4O5/c1-18-7-10-22(11-8-18)38-28(41)17-44-31-26(43-2)15-20(29(35)30(31)36)16-37-40-32(39-24-6-4-3-5-23(24)33(40)42)27-14-19-13-21(34)9-12-25(19)45-27/h3-16H,17H2,1-2H3,(H,38,41). The van der Waals surface area contributed by atoms with Gasteiger partial charge in [-0.25, -0.2) is 4.98 Å². The van der Waals surface area contributed by atoms with Crippen molar-refractivity contribution in [1.29, 1.82) is 0 Å². The number of amides is 1. The third-order valence-corrected chi connectivity index (χ3v) is 8.76. The van der Waals surface area contributed by atoms with Crippen molar-refractivity contribution in [3.63, 3.8) is 0 Å². The average molecular weight is 751 g/mol. The largest absolute Gasteiger partial charge is 0.493 e. The van der Waals surface area contributed by atoms with Gasteiger partial charge in [0.2, 0.25) is 5.82 Å². The number of aryl methyl sites for hydroxylation is 1. The van der Waals surface area contributed by atoms with Crippen LogP contribution in [0.25, 0.3) is 33.5 Å². The van der Waals surface area contributed by atoms with E-state index in [1.807, 2.05) is 43.3 Å². The first kappa shape index (κ1) is 30.6. The molecule has 0 radical (unpaired) electrons. The quantitative estimate of drug-likeness (QED) is 0.157. The third kappa shape index (κ3) is 6.37. The molecule has 0 atom stereocenters. The van der Waals surface area contributed by atoms with E-state index in [0.29, 0.717) is 38.0 Å². The van der Waals surface area contributed by atoms with Gasteiger partial charge < -0.3 is 19.2 Å². The maximum absolute atomic E-state index is 13.7. The minimum absolute atomic E-state index is 0.158. The van der Waals surface area contributed by atoms with Crippen molar-refractivity contribution >= 4 is 83.1 Å². The Bertz CT molecular complexity index is 2180. The minimum Gasteiger partial charge on any atom is -0.493 e. The van der Waals surface area contributed by atoms with Crippen LogP contribution in [0.1, 0.15) is 11.1 Å². The molecule has 226 valence electrons. The number of anilines is 1. The fourth-order valence-electron chi connectivity index (χ4n) is 4.59. The van der Waals surface area contributed by atoms with Gasteiger partial charge in [-0.3, -0.25) is 9.59 Å². The van der Waals surface area contributed by atoms with E-state index in [4.69, 9.17) is 30.5 Å². The summed E-state index contributed by atoms with van der Waals surface area (Å²) < 4.78 is 19.9. The Kier molecular flexibility index (Phi) is 8.75. The zero-order valence-electron chi connectivity index (χ0n) is 23.8. The Morgan fingerprint density at radius 3 is 2.64 bits per heavy atom. The molecule has 1 amide bonds. The predicted octanol–water partition coefficient (Wildman–Crippen LogP) is 8.20. The second kappa shape index (κ2) is 12.9. The van der Waals surface area contributed by atoms with Crippen LogP contribution in [-0.4, -0.2) is 35.5 Å². The van der Waals surface area contributed by atoms with Crippen LogP contribution < -0.4 is 20.3 Å². The number of carbonyl (C=O) groups is 1. The number of hydrogen-bond acceptors (Lipinski definition) is 7. The summed E-state index contributed by atoms with van der Waals surface area (Å²) in [6.45, 7) is 1.66. The lowest BCUT2D eigenvalue weighted by molar-refractivity contribution is -0.118. The molecule has 1 N–H and O–H groups in total. The molecule has 0 aliphatic rings. The molecule has 6 rings (SSSR count). The van der Waals surface area contributed by atoms with Gasteiger partial charge in [-0.15, -0.1) is 0 Å². The van der Waals surface area contributed by atoms with Crippen molar-refractivity contribution in [3.05, 3.63) is 114 Å². The monoisotopic (exact) mass is 748 g/mol. The Hall–Kier alpha value is -4.45. The van der Waals surface area contributed by atoms with Crippen LogP contribution in [0.2, 0.25) is 5.02 Å². The molecular weight excluding hydrogens is 728 g/mol. The molecule has 12 heteroatoms. The van der Waals surface area contributed by atoms with Gasteiger partial charge in [0.05, 0.1) is 24.2 Å². The van der Waals surface area contributed by atoms with Crippen LogP contribution in [0.4, 0.5) is 5.69 Å². The number of benzene rings is 4. The summed E-state index contributed by atoms with van der Waals surface area (Å²) in [7, 11) is 1.45. The summed E-state index contributed by atoms with van der Waals surface area (Å²) in [5.74, 6) is 0.648. The van der Waals surface area contributed by atoms with Gasteiger partial charge in [0.1, 0.15) is 10.6 Å². The fourth-order valence-corrected chi connectivity index (χ4v) is 5.62. The summed E-state index contributed by atoms with van der Waals surface area (Å²) in [5.41, 5.74) is 2.96. The summed E-state index contributed by atoms with van der Waals surface area (Å²) in [5, 5.41) is 8.68. The van der Waals surface area contributed by atoms with Gasteiger partial charge >= 0.3 is 0 Å². The molecule has 0 aliphatic heterocycles. The summed E-state index contributed by atoms with van der Waals surface area (Å²) in [4.78, 5) is 30.9. The van der Waals surface area contributed by atoms with E-state index < -0.39 is 0 Å². The molecule has 9 nitrogen and oxygen atoms in total. The fraction of sp³-hybridized carbons (Fsp3) is 0.0909. The average Bonchev–Trinajstić information content (AvgIpc) is 3.46. The van der Waals surface area contributed by atoms with Crippen LogP contribution in [0, 0.1) is 6.92 Å². The number of para-hydroxylation sites is 1. The molecule has 6 aromatic rings. The van der Waals surface area contributed by atoms with Gasteiger partial charge in [0.25, 0.3) is 11.5 Å². The van der Waals surface area contributed by atoms with Crippen molar-refractivity contribution in [3.8, 4) is 23.1 Å². The smallest absolute Gasteiger partial charge is 0.282 e. The van der Waals surface area contributed by atoms with E-state index in [2.05, 4.69) is 42.3 Å². The first-order valence-electron chi connectivity index (χ1n) is 13.5. The van der Waals surface area contributed by atoms with Crippen molar-refractivity contribution in [2.24, 2.45) is 5.10 Å². The SMILES string of the molecule is COc1cc(C=Nn2c(-c3cc4cc(Br)ccc4o3)nc3ccccc3c2=O)c(Br)c(Cl)c1OCC(=O)Nc1ccc(C)cc1. The second-order valence-electron chi connectivity index (χ2n) is 9.93. The number of fused-ring (bicyclic) bond motifs is 2. The molecule has 0 saturated carbocycles. The molecular formula is C33H23Br2ClN4O5. The van der Waals surface area contributed by atoms with E-state index >= 15 is 0 Å². The summed E-state index contributed by atoms with van der Waals surface area (Å²) in [6, 6.07) is 23.5. The highest BCUT2D eigenvalue weighted by atomic mass is 79.9. The van der Waals surface area contributed by atoms with Crippen LogP contribution in [0.15, 0.2) is 102 Å². The Morgan fingerprint density at radius 2 is 1.87 bits per heavy atom. The number of furan rings is 1. The summed E-state index contributed by atoms with van der Waals surface area (Å²) in [6.07, 6.45) is 1.45. The Balaban J connectivity index is 1.34. The molecule has 2 heterocycles. The maximum atomic E-state index is 13.7. The van der Waals surface area contributed by atoms with Gasteiger partial charge in [-0.2, -0.15) is 9.78 Å². The Morgan fingerprint density at radius 1 is 1.09 bits per heavy atom. The first-order valence-corrected chi connectivity index (χ1v) is 15.5. The van der Waals surface area contributed by atoms with Gasteiger partial charge in [0, 0.05) is 25.6 Å². The molecule has 0 saturated heterocycles. The molecule has 4 aromatic carbocycles. The van der Waals surface area contributed by atoms with Crippen LogP contribution >= 0.6 is 43.5 Å². The van der Waals surface area contributed by atoms with Crippen molar-refractivity contribution in [2.45, 2.75) is 6.92 Å². The minimum atomic E-state index is -0.387. The van der Waals surface area contributed by atoms with E-state index in [0.717, 1.165) is 15.4 Å². The summed E-state index contributed by atoms with van der Waals surface area (Å²) >= 11 is 13.7. The van der Waals surface area contributed by atoms with Crippen LogP contribution in [0.3, 0.4) is 0 Å². The van der Waals surface area contributed by atoms with Crippen molar-refractivity contribution < 1.29 is 18.7 Å². The zero-order chi connectivity index (χ0) is 31.7. The lowest BCUT2D eigenvalue weighted by Gasteiger charge is -2.15. The lowest BCUT2D eigenvalue weighted by atomic mass is 10.2. The zero-order valence-corrected chi connectivity index (χ0v) is 27.7. The molecule has 0 bridgehead atoms. The number of ether oxygens (including phenoxy) is 2. The lowest BCUT2D eigenvalue weighted by Crippen LogP contribution is -2.20. The van der Waals surface area contributed by atoms with Gasteiger partial charge in [-0.05, 0) is 77.5 Å². The van der Waals surface area contributed by atoms with Gasteiger partial charge in [0.15, 0.2) is 23.9 Å². The molecule has 2 aromatic heterocycles.